The van der Waals surface area contributed by atoms with Gasteiger partial charge in [-0.15, -0.1) is 24.8 Å². The Morgan fingerprint density at radius 1 is 0.778 bits per heavy atom. The zero-order chi connectivity index (χ0) is 17.1. The van der Waals surface area contributed by atoms with Gasteiger partial charge in [-0.3, -0.25) is 0 Å². The van der Waals surface area contributed by atoms with E-state index in [9.17, 15) is 0 Å². The Labute approximate surface area is 183 Å². The van der Waals surface area contributed by atoms with Crippen LogP contribution in [0.2, 0.25) is 0 Å². The summed E-state index contributed by atoms with van der Waals surface area (Å²) in [6.45, 7) is 2.34. The van der Waals surface area contributed by atoms with E-state index in [0.717, 1.165) is 0 Å². The van der Waals surface area contributed by atoms with Crippen LogP contribution in [-0.4, -0.2) is 5.92 Å². The molecular formula is C23H25Cl2SiZr. The van der Waals surface area contributed by atoms with Crippen LogP contribution in [0.25, 0.3) is 0 Å². The van der Waals surface area contributed by atoms with Crippen molar-refractivity contribution in [1.82, 2.24) is 0 Å². The molecule has 27 heavy (non-hydrogen) atoms. The monoisotopic (exact) mass is 489 g/mol. The SMILES string of the molecule is CC1=[C]([Zr]([C]2=CC=CC2)[SiH](c2ccccc2)c2ccccc2)CC=C1.Cl.Cl. The topological polar surface area (TPSA) is 0 Å². The van der Waals surface area contributed by atoms with Crippen molar-refractivity contribution in [3.8, 4) is 0 Å². The average Bonchev–Trinajstić information content (AvgIpc) is 3.33. The summed E-state index contributed by atoms with van der Waals surface area (Å²) in [5.41, 5.74) is 1.56. The summed E-state index contributed by atoms with van der Waals surface area (Å²) in [7, 11) is 0. The first-order valence-corrected chi connectivity index (χ1v) is 17.5. The van der Waals surface area contributed by atoms with Gasteiger partial charge in [-0.2, -0.15) is 0 Å². The molecule has 0 radical (unpaired) electrons. The Morgan fingerprint density at radius 3 is 1.81 bits per heavy atom. The Bertz CT molecular complexity index is 830. The molecule has 2 aromatic rings. The van der Waals surface area contributed by atoms with E-state index in [1.54, 1.807) is 19.2 Å². The van der Waals surface area contributed by atoms with Crippen molar-refractivity contribution < 1.29 is 20.9 Å². The van der Waals surface area contributed by atoms with Crippen molar-refractivity contribution in [1.29, 1.82) is 0 Å². The minimum atomic E-state index is -1.95. The van der Waals surface area contributed by atoms with Crippen LogP contribution >= 0.6 is 24.8 Å². The van der Waals surface area contributed by atoms with E-state index in [1.807, 2.05) is 3.28 Å². The van der Waals surface area contributed by atoms with Crippen LogP contribution in [-0.2, 0) is 20.9 Å². The molecule has 0 N–H and O–H groups in total. The first-order valence-electron chi connectivity index (χ1n) is 9.04. The molecule has 2 aromatic carbocycles. The molecule has 0 amide bonds. The van der Waals surface area contributed by atoms with Crippen molar-refractivity contribution in [3.05, 3.63) is 103 Å². The van der Waals surface area contributed by atoms with Crippen molar-refractivity contribution in [2.75, 3.05) is 0 Å². The van der Waals surface area contributed by atoms with Gasteiger partial charge in [0.15, 0.2) is 0 Å². The fraction of sp³-hybridized carbons (Fsp3) is 0.130. The molecule has 0 spiro atoms. The van der Waals surface area contributed by atoms with E-state index in [1.165, 1.54) is 12.8 Å². The molecule has 0 saturated heterocycles. The maximum Gasteiger partial charge on any atom is -0.147 e. The Morgan fingerprint density at radius 2 is 1.37 bits per heavy atom. The van der Waals surface area contributed by atoms with Crippen molar-refractivity contribution in [2.24, 2.45) is 0 Å². The summed E-state index contributed by atoms with van der Waals surface area (Å²) in [6.07, 6.45) is 14.2. The van der Waals surface area contributed by atoms with Crippen LogP contribution < -0.4 is 10.4 Å². The molecule has 0 fully saturated rings. The molecule has 4 heteroatoms. The third kappa shape index (κ3) is 4.93. The van der Waals surface area contributed by atoms with Crippen LogP contribution in [0.15, 0.2) is 103 Å². The number of hydrogen-bond acceptors (Lipinski definition) is 0. The molecule has 0 saturated carbocycles. The molecule has 139 valence electrons. The first-order chi connectivity index (χ1) is 12.3. The van der Waals surface area contributed by atoms with E-state index in [2.05, 4.69) is 98.0 Å². The zero-order valence-electron chi connectivity index (χ0n) is 15.5. The minimum absolute atomic E-state index is 0. The fourth-order valence-electron chi connectivity index (χ4n) is 3.95. The Balaban J connectivity index is 0.00000131. The summed E-state index contributed by atoms with van der Waals surface area (Å²) in [5.74, 6) is -1.22. The predicted octanol–water partition coefficient (Wildman–Crippen LogP) is 5.06. The van der Waals surface area contributed by atoms with Crippen molar-refractivity contribution in [2.45, 2.75) is 19.8 Å². The fourth-order valence-corrected chi connectivity index (χ4v) is 27.8. The second-order valence-electron chi connectivity index (χ2n) is 6.76. The van der Waals surface area contributed by atoms with Crippen LogP contribution in [0.5, 0.6) is 0 Å². The Hall–Kier alpha value is -0.920. The zero-order valence-corrected chi connectivity index (χ0v) is 20.7. The van der Waals surface area contributed by atoms with Crippen LogP contribution in [0, 0.1) is 0 Å². The maximum atomic E-state index is 2.46. The number of halogens is 2. The number of allylic oxidation sites excluding steroid dienone is 8. The average molecular weight is 492 g/mol. The predicted molar refractivity (Wildman–Crippen MR) is 122 cm³/mol. The maximum absolute atomic E-state index is 2.46. The van der Waals surface area contributed by atoms with Gasteiger partial charge in [0.25, 0.3) is 0 Å². The van der Waals surface area contributed by atoms with Gasteiger partial charge >= 0.3 is 160 Å². The van der Waals surface area contributed by atoms with E-state index in [4.69, 9.17) is 0 Å². The largest absolute Gasteiger partial charge is 0.147 e. The van der Waals surface area contributed by atoms with E-state index < -0.39 is 26.8 Å². The van der Waals surface area contributed by atoms with Crippen LogP contribution in [0.1, 0.15) is 19.8 Å². The summed E-state index contributed by atoms with van der Waals surface area (Å²) in [4.78, 5) is 0. The molecule has 4 rings (SSSR count). The Kier molecular flexibility index (Phi) is 8.76. The van der Waals surface area contributed by atoms with E-state index >= 15 is 0 Å². The molecule has 0 aromatic heterocycles. The molecule has 2 aliphatic rings. The standard InChI is InChI=1S/C12H11Si.C6H7.C5H5.2ClH.Zr/c1-3-7-11(8-4-1)13-12-9-5-2-6-10-12;1-6-4-2-3-5-6;1-2-4-5-3-1;;;/h1-10,13H;2,4H,3H2,1H3;1-3H,4H2;2*1H;. The van der Waals surface area contributed by atoms with Gasteiger partial charge in [0.2, 0.25) is 0 Å². The van der Waals surface area contributed by atoms with Crippen molar-refractivity contribution in [3.63, 3.8) is 0 Å². The third-order valence-corrected chi connectivity index (χ3v) is 27.0. The van der Waals surface area contributed by atoms with Gasteiger partial charge in [0.05, 0.1) is 0 Å². The third-order valence-electron chi connectivity index (χ3n) is 5.16. The van der Waals surface area contributed by atoms with Crippen LogP contribution in [0.3, 0.4) is 0 Å². The summed E-state index contributed by atoms with van der Waals surface area (Å²) in [6, 6.07) is 22.8. The van der Waals surface area contributed by atoms with Gasteiger partial charge in [-0.1, -0.05) is 0 Å². The molecular weight excluding hydrogens is 466 g/mol. The first kappa shape index (κ1) is 22.4. The van der Waals surface area contributed by atoms with Gasteiger partial charge in [0, 0.05) is 0 Å². The second-order valence-corrected chi connectivity index (χ2v) is 21.7. The molecule has 2 aliphatic carbocycles. The summed E-state index contributed by atoms with van der Waals surface area (Å²) >= 11 is -1.95. The van der Waals surface area contributed by atoms with E-state index in [0.29, 0.717) is 0 Å². The molecule has 0 atom stereocenters. The molecule has 0 unspecified atom stereocenters. The second kappa shape index (κ2) is 10.6. The van der Waals surface area contributed by atoms with Gasteiger partial charge in [-0.05, 0) is 0 Å². The summed E-state index contributed by atoms with van der Waals surface area (Å²) in [5, 5.41) is 3.26. The van der Waals surface area contributed by atoms with Crippen molar-refractivity contribution >= 4 is 41.1 Å². The number of rotatable bonds is 5. The number of benzene rings is 2. The molecule has 0 bridgehead atoms. The van der Waals surface area contributed by atoms with E-state index in [-0.39, 0.29) is 24.8 Å². The quantitative estimate of drug-likeness (QED) is 0.513. The normalized spacial score (nSPS) is 14.8. The number of hydrogen-bond donors (Lipinski definition) is 0. The summed E-state index contributed by atoms with van der Waals surface area (Å²) < 4.78 is 3.63. The molecule has 0 aliphatic heterocycles. The molecule has 0 heterocycles. The minimum Gasteiger partial charge on any atom is -0.147 e. The molecule has 0 nitrogen and oxygen atoms in total. The van der Waals surface area contributed by atoms with Gasteiger partial charge < -0.3 is 0 Å². The van der Waals surface area contributed by atoms with Gasteiger partial charge in [0.1, 0.15) is 0 Å². The smallest absolute Gasteiger partial charge is 0.147 e. The van der Waals surface area contributed by atoms with Gasteiger partial charge in [-0.25, -0.2) is 0 Å². The van der Waals surface area contributed by atoms with Crippen LogP contribution in [0.4, 0.5) is 0 Å².